The maximum atomic E-state index is 12.8. The number of rotatable bonds is 7. The number of carbonyl (C=O) groups excluding carboxylic acids is 1. The van der Waals surface area contributed by atoms with Crippen LogP contribution in [0.2, 0.25) is 0 Å². The second-order valence-corrected chi connectivity index (χ2v) is 7.11. The lowest BCUT2D eigenvalue weighted by atomic mass is 10.00. The lowest BCUT2D eigenvalue weighted by Crippen LogP contribution is -2.44. The Morgan fingerprint density at radius 3 is 2.81 bits per heavy atom. The van der Waals surface area contributed by atoms with Crippen LogP contribution >= 0.6 is 0 Å². The fourth-order valence-corrected chi connectivity index (χ4v) is 3.50. The largest absolute Gasteiger partial charge is 0.484 e. The summed E-state index contributed by atoms with van der Waals surface area (Å²) in [5.74, 6) is 1.40. The van der Waals surface area contributed by atoms with Crippen LogP contribution < -0.4 is 4.74 Å². The summed E-state index contributed by atoms with van der Waals surface area (Å²) in [6.07, 6.45) is 5.25. The van der Waals surface area contributed by atoms with E-state index in [9.17, 15) is 4.79 Å². The van der Waals surface area contributed by atoms with Crippen LogP contribution in [0.4, 0.5) is 0 Å². The molecule has 2 heterocycles. The van der Waals surface area contributed by atoms with Crippen molar-refractivity contribution in [2.45, 2.75) is 25.3 Å². The summed E-state index contributed by atoms with van der Waals surface area (Å²) in [6, 6.07) is 9.35. The minimum Gasteiger partial charge on any atom is -0.484 e. The predicted molar refractivity (Wildman–Crippen MR) is 96.8 cm³/mol. The highest BCUT2D eigenvalue weighted by molar-refractivity contribution is 5.78. The Kier molecular flexibility index (Phi) is 4.93. The fraction of sp³-hybridized carbons (Fsp3) is 0.500. The number of carbonyl (C=O) groups is 1. The van der Waals surface area contributed by atoms with E-state index in [0.717, 1.165) is 18.7 Å². The van der Waals surface area contributed by atoms with Gasteiger partial charge in [-0.2, -0.15) is 5.10 Å². The smallest absolute Gasteiger partial charge is 0.261 e. The van der Waals surface area contributed by atoms with Crippen LogP contribution in [-0.4, -0.2) is 47.0 Å². The molecule has 0 bridgehead atoms. The number of para-hydroxylation sites is 1. The second-order valence-electron chi connectivity index (χ2n) is 7.11. The van der Waals surface area contributed by atoms with E-state index in [1.54, 1.807) is 0 Å². The number of aromatic nitrogens is 2. The van der Waals surface area contributed by atoms with E-state index in [0.29, 0.717) is 24.8 Å². The molecule has 0 spiro atoms. The van der Waals surface area contributed by atoms with Gasteiger partial charge in [-0.1, -0.05) is 18.2 Å². The molecule has 0 N–H and O–H groups in total. The average molecular weight is 355 g/mol. The third-order valence-electron chi connectivity index (χ3n) is 5.13. The summed E-state index contributed by atoms with van der Waals surface area (Å²) in [4.78, 5) is 14.7. The van der Waals surface area contributed by atoms with Crippen LogP contribution in [0.3, 0.4) is 0 Å². The Morgan fingerprint density at radius 2 is 2.04 bits per heavy atom. The van der Waals surface area contributed by atoms with E-state index in [4.69, 9.17) is 9.47 Å². The normalized spacial score (nSPS) is 19.3. The molecule has 1 atom stereocenters. The van der Waals surface area contributed by atoms with Gasteiger partial charge in [-0.25, -0.2) is 0 Å². The van der Waals surface area contributed by atoms with Gasteiger partial charge in [0.05, 0.1) is 24.5 Å². The molecule has 1 aliphatic carbocycles. The van der Waals surface area contributed by atoms with Gasteiger partial charge in [-0.15, -0.1) is 0 Å². The Balaban J connectivity index is 1.45. The summed E-state index contributed by atoms with van der Waals surface area (Å²) in [5.41, 5.74) is 2.29. The number of ether oxygens (including phenoxy) is 2. The molecule has 1 fully saturated rings. The maximum Gasteiger partial charge on any atom is 0.261 e. The van der Waals surface area contributed by atoms with Crippen LogP contribution in [0.1, 0.15) is 30.1 Å². The topological polar surface area (TPSA) is 56.6 Å². The Hall–Kier alpha value is -2.34. The highest BCUT2D eigenvalue weighted by Crippen LogP contribution is 2.32. The quantitative estimate of drug-likeness (QED) is 0.765. The first-order valence-electron chi connectivity index (χ1n) is 9.28. The van der Waals surface area contributed by atoms with Crippen molar-refractivity contribution >= 4 is 5.91 Å². The van der Waals surface area contributed by atoms with E-state index in [2.05, 4.69) is 5.10 Å². The molecule has 1 aromatic carbocycles. The Morgan fingerprint density at radius 1 is 1.23 bits per heavy atom. The predicted octanol–water partition coefficient (Wildman–Crippen LogP) is 2.35. The molecule has 26 heavy (non-hydrogen) atoms. The van der Waals surface area contributed by atoms with Crippen LogP contribution in [0.15, 0.2) is 36.5 Å². The second kappa shape index (κ2) is 7.50. The van der Waals surface area contributed by atoms with Gasteiger partial charge in [-0.3, -0.25) is 9.48 Å². The third-order valence-corrected chi connectivity index (χ3v) is 5.13. The van der Waals surface area contributed by atoms with Crippen LogP contribution in [0.5, 0.6) is 5.75 Å². The zero-order chi connectivity index (χ0) is 17.9. The molecule has 0 unspecified atom stereocenters. The highest BCUT2D eigenvalue weighted by Gasteiger charge is 2.34. The summed E-state index contributed by atoms with van der Waals surface area (Å²) in [5, 5.41) is 4.38. The number of aryl methyl sites for hydroxylation is 1. The number of hydrogen-bond acceptors (Lipinski definition) is 4. The van der Waals surface area contributed by atoms with E-state index in [1.807, 2.05) is 53.2 Å². The number of amides is 1. The van der Waals surface area contributed by atoms with Crippen molar-refractivity contribution in [3.63, 3.8) is 0 Å². The first-order chi connectivity index (χ1) is 12.7. The minimum absolute atomic E-state index is 0.0132. The van der Waals surface area contributed by atoms with Crippen molar-refractivity contribution < 1.29 is 14.3 Å². The first-order valence-corrected chi connectivity index (χ1v) is 9.28. The van der Waals surface area contributed by atoms with Crippen molar-refractivity contribution in [3.8, 4) is 5.75 Å². The molecule has 1 aromatic heterocycles. The minimum atomic E-state index is -0.100. The zero-order valence-electron chi connectivity index (χ0n) is 15.1. The zero-order valence-corrected chi connectivity index (χ0v) is 15.1. The van der Waals surface area contributed by atoms with Gasteiger partial charge in [-0.05, 0) is 42.9 Å². The molecule has 1 aliphatic heterocycles. The molecule has 0 saturated heterocycles. The molecule has 6 heteroatoms. The maximum absolute atomic E-state index is 12.8. The molecule has 1 saturated carbocycles. The van der Waals surface area contributed by atoms with Gasteiger partial charge in [0.1, 0.15) is 5.75 Å². The standard InChI is InChI=1S/C20H25N3O3/c1-22-20-16(11-21-22)9-10-23(18(20)13-25-12-15-7-8-15)19(24)14-26-17-5-3-2-4-6-17/h2-6,11,15,18H,7-10,12-14H2,1H3/t18-/m0/s1. The van der Waals surface area contributed by atoms with Crippen LogP contribution in [0.25, 0.3) is 0 Å². The van der Waals surface area contributed by atoms with Gasteiger partial charge in [0.15, 0.2) is 6.61 Å². The molecule has 6 nitrogen and oxygen atoms in total. The van der Waals surface area contributed by atoms with Crippen LogP contribution in [0, 0.1) is 5.92 Å². The molecule has 0 radical (unpaired) electrons. The van der Waals surface area contributed by atoms with Crippen molar-refractivity contribution in [3.05, 3.63) is 47.8 Å². The van der Waals surface area contributed by atoms with E-state index in [-0.39, 0.29) is 18.6 Å². The molecule has 2 aliphatic rings. The van der Waals surface area contributed by atoms with Crippen molar-refractivity contribution in [1.82, 2.24) is 14.7 Å². The summed E-state index contributed by atoms with van der Waals surface area (Å²) in [7, 11) is 1.93. The van der Waals surface area contributed by atoms with E-state index in [1.165, 1.54) is 18.4 Å². The van der Waals surface area contributed by atoms with Gasteiger partial charge in [0.2, 0.25) is 0 Å². The fourth-order valence-electron chi connectivity index (χ4n) is 3.50. The molecule has 2 aromatic rings. The van der Waals surface area contributed by atoms with Crippen molar-refractivity contribution in [1.29, 1.82) is 0 Å². The molecule has 4 rings (SSSR count). The highest BCUT2D eigenvalue weighted by atomic mass is 16.5. The molecular weight excluding hydrogens is 330 g/mol. The van der Waals surface area contributed by atoms with Gasteiger partial charge in [0, 0.05) is 20.2 Å². The molecule has 138 valence electrons. The monoisotopic (exact) mass is 355 g/mol. The van der Waals surface area contributed by atoms with E-state index >= 15 is 0 Å². The summed E-state index contributed by atoms with van der Waals surface area (Å²) >= 11 is 0. The Labute approximate surface area is 153 Å². The number of fused-ring (bicyclic) bond motifs is 1. The van der Waals surface area contributed by atoms with Crippen molar-refractivity contribution in [2.75, 3.05) is 26.4 Å². The SMILES string of the molecule is Cn1ncc2c1[C@H](COCC1CC1)N(C(=O)COc1ccccc1)CC2. The van der Waals surface area contributed by atoms with Gasteiger partial charge >= 0.3 is 0 Å². The average Bonchev–Trinajstić information content (AvgIpc) is 3.42. The molecule has 1 amide bonds. The summed E-state index contributed by atoms with van der Waals surface area (Å²) < 4.78 is 13.5. The molecular formula is C20H25N3O3. The van der Waals surface area contributed by atoms with Gasteiger partial charge < -0.3 is 14.4 Å². The number of hydrogen-bond donors (Lipinski definition) is 0. The lowest BCUT2D eigenvalue weighted by molar-refractivity contribution is -0.138. The lowest BCUT2D eigenvalue weighted by Gasteiger charge is -2.36. The first kappa shape index (κ1) is 17.1. The van der Waals surface area contributed by atoms with E-state index < -0.39 is 0 Å². The summed E-state index contributed by atoms with van der Waals surface area (Å²) in [6.45, 7) is 2.01. The van der Waals surface area contributed by atoms with Crippen molar-refractivity contribution in [2.24, 2.45) is 13.0 Å². The Bertz CT molecular complexity index is 755. The third kappa shape index (κ3) is 3.75. The van der Waals surface area contributed by atoms with Gasteiger partial charge in [0.25, 0.3) is 5.91 Å². The van der Waals surface area contributed by atoms with Crippen LogP contribution in [-0.2, 0) is 23.0 Å². The number of benzene rings is 1. The number of nitrogens with zero attached hydrogens (tertiary/aromatic N) is 3.